The zero-order valence-corrected chi connectivity index (χ0v) is 15.3. The molecule has 0 spiro atoms. The van der Waals surface area contributed by atoms with Crippen molar-refractivity contribution < 1.29 is 14.3 Å². The molecule has 0 bridgehead atoms. The smallest absolute Gasteiger partial charge is 0.260 e. The molecule has 4 rings (SSSR count). The molecule has 2 aliphatic rings. The summed E-state index contributed by atoms with van der Waals surface area (Å²) >= 11 is 0. The number of fused-ring (bicyclic) bond motifs is 2. The second kappa shape index (κ2) is 6.89. The molecule has 0 radical (unpaired) electrons. The summed E-state index contributed by atoms with van der Waals surface area (Å²) in [6.45, 7) is 1.72. The SMILES string of the molecule is CN(C)CCNC(=O)c1ccc2c(c1)CO/C2=C1/C(=O)Nc2ccccc21. The van der Waals surface area contributed by atoms with Crippen LogP contribution in [0.4, 0.5) is 5.69 Å². The van der Waals surface area contributed by atoms with Gasteiger partial charge in [-0.15, -0.1) is 0 Å². The van der Waals surface area contributed by atoms with Gasteiger partial charge in [-0.2, -0.15) is 0 Å². The van der Waals surface area contributed by atoms with Gasteiger partial charge in [0.15, 0.2) is 0 Å². The zero-order chi connectivity index (χ0) is 19.0. The molecule has 2 aromatic rings. The van der Waals surface area contributed by atoms with Crippen molar-refractivity contribution in [2.75, 3.05) is 32.5 Å². The summed E-state index contributed by atoms with van der Waals surface area (Å²) in [7, 11) is 3.93. The van der Waals surface area contributed by atoms with Crippen LogP contribution in [0.2, 0.25) is 0 Å². The number of nitrogens with one attached hydrogen (secondary N) is 2. The standard InChI is InChI=1S/C21H21N3O3/c1-24(2)10-9-22-20(25)13-7-8-15-14(11-13)12-27-19(15)18-16-5-3-4-6-17(16)23-21(18)26/h3-8,11H,9-10,12H2,1-2H3,(H,22,25)(H,23,26)/b19-18+. The summed E-state index contributed by atoms with van der Waals surface area (Å²) in [5.41, 5.74) is 4.55. The Morgan fingerprint density at radius 1 is 1.19 bits per heavy atom. The Kier molecular flexibility index (Phi) is 4.41. The molecule has 0 saturated carbocycles. The maximum absolute atomic E-state index is 12.5. The Labute approximate surface area is 157 Å². The largest absolute Gasteiger partial charge is 0.487 e. The van der Waals surface area contributed by atoms with Crippen molar-refractivity contribution in [2.24, 2.45) is 0 Å². The molecule has 0 fully saturated rings. The molecule has 2 amide bonds. The van der Waals surface area contributed by atoms with Crippen LogP contribution >= 0.6 is 0 Å². The van der Waals surface area contributed by atoms with E-state index in [1.54, 1.807) is 6.07 Å². The van der Waals surface area contributed by atoms with E-state index in [1.165, 1.54) is 0 Å². The highest BCUT2D eigenvalue weighted by Crippen LogP contribution is 2.41. The molecule has 27 heavy (non-hydrogen) atoms. The first-order valence-corrected chi connectivity index (χ1v) is 8.88. The van der Waals surface area contributed by atoms with E-state index in [2.05, 4.69) is 10.6 Å². The van der Waals surface area contributed by atoms with Crippen LogP contribution in [0, 0.1) is 0 Å². The molecule has 2 aromatic carbocycles. The number of ether oxygens (including phenoxy) is 1. The first kappa shape index (κ1) is 17.3. The van der Waals surface area contributed by atoms with Gasteiger partial charge in [-0.25, -0.2) is 0 Å². The number of anilines is 1. The van der Waals surface area contributed by atoms with Crippen molar-refractivity contribution >= 4 is 28.8 Å². The van der Waals surface area contributed by atoms with Crippen LogP contribution in [0.25, 0.3) is 11.3 Å². The normalized spacial score (nSPS) is 17.4. The molecule has 0 aromatic heterocycles. The van der Waals surface area contributed by atoms with E-state index in [9.17, 15) is 9.59 Å². The van der Waals surface area contributed by atoms with E-state index in [4.69, 9.17) is 4.74 Å². The summed E-state index contributed by atoms with van der Waals surface area (Å²) in [5.74, 6) is 0.307. The molecule has 0 unspecified atom stereocenters. The number of likely N-dealkylation sites (N-methyl/N-ethyl adjacent to an activating group) is 1. The second-order valence-corrected chi connectivity index (χ2v) is 6.92. The van der Waals surface area contributed by atoms with E-state index in [0.717, 1.165) is 28.9 Å². The van der Waals surface area contributed by atoms with Gasteiger partial charge in [0.05, 0.1) is 5.57 Å². The Bertz CT molecular complexity index is 963. The summed E-state index contributed by atoms with van der Waals surface area (Å²) < 4.78 is 5.86. The maximum Gasteiger partial charge on any atom is 0.260 e. The molecule has 0 saturated heterocycles. The Balaban J connectivity index is 1.63. The fourth-order valence-electron chi connectivity index (χ4n) is 3.35. The molecule has 0 aliphatic carbocycles. The Hall–Kier alpha value is -3.12. The van der Waals surface area contributed by atoms with E-state index >= 15 is 0 Å². The van der Waals surface area contributed by atoms with Crippen molar-refractivity contribution in [1.29, 1.82) is 0 Å². The number of para-hydroxylation sites is 1. The van der Waals surface area contributed by atoms with E-state index < -0.39 is 0 Å². The second-order valence-electron chi connectivity index (χ2n) is 6.92. The number of carbonyl (C=O) groups excluding carboxylic acids is 2. The van der Waals surface area contributed by atoms with Crippen LogP contribution in [-0.4, -0.2) is 43.9 Å². The number of hydrogen-bond acceptors (Lipinski definition) is 4. The fourth-order valence-corrected chi connectivity index (χ4v) is 3.35. The van der Waals surface area contributed by atoms with E-state index in [0.29, 0.717) is 30.0 Å². The van der Waals surface area contributed by atoms with Crippen molar-refractivity contribution in [3.63, 3.8) is 0 Å². The third kappa shape index (κ3) is 3.19. The van der Waals surface area contributed by atoms with Crippen molar-refractivity contribution in [2.45, 2.75) is 6.61 Å². The lowest BCUT2D eigenvalue weighted by Gasteiger charge is -2.10. The zero-order valence-electron chi connectivity index (χ0n) is 15.3. The molecular formula is C21H21N3O3. The van der Waals surface area contributed by atoms with Gasteiger partial charge in [0.25, 0.3) is 11.8 Å². The molecule has 2 heterocycles. The summed E-state index contributed by atoms with van der Waals surface area (Å²) in [6, 6.07) is 13.0. The first-order valence-electron chi connectivity index (χ1n) is 8.88. The molecule has 138 valence electrons. The lowest BCUT2D eigenvalue weighted by atomic mass is 9.99. The van der Waals surface area contributed by atoms with Gasteiger partial charge in [0.2, 0.25) is 0 Å². The minimum absolute atomic E-state index is 0.107. The highest BCUT2D eigenvalue weighted by atomic mass is 16.5. The maximum atomic E-state index is 12.5. The number of benzene rings is 2. The summed E-state index contributed by atoms with van der Waals surface area (Å²) in [6.07, 6.45) is 0. The highest BCUT2D eigenvalue weighted by Gasteiger charge is 2.32. The average Bonchev–Trinajstić information content (AvgIpc) is 3.20. The van der Waals surface area contributed by atoms with Gasteiger partial charge in [0.1, 0.15) is 12.4 Å². The predicted octanol–water partition coefficient (Wildman–Crippen LogP) is 2.33. The van der Waals surface area contributed by atoms with Crippen LogP contribution < -0.4 is 10.6 Å². The van der Waals surface area contributed by atoms with Gasteiger partial charge in [0, 0.05) is 41.0 Å². The van der Waals surface area contributed by atoms with Gasteiger partial charge >= 0.3 is 0 Å². The van der Waals surface area contributed by atoms with Crippen LogP contribution in [0.5, 0.6) is 0 Å². The Morgan fingerprint density at radius 2 is 2.00 bits per heavy atom. The third-order valence-corrected chi connectivity index (χ3v) is 4.73. The molecule has 6 nitrogen and oxygen atoms in total. The van der Waals surface area contributed by atoms with E-state index in [1.807, 2.05) is 55.4 Å². The number of hydrogen-bond donors (Lipinski definition) is 2. The van der Waals surface area contributed by atoms with Crippen molar-refractivity contribution in [1.82, 2.24) is 10.2 Å². The molecular weight excluding hydrogens is 342 g/mol. The highest BCUT2D eigenvalue weighted by molar-refractivity contribution is 6.36. The topological polar surface area (TPSA) is 70.7 Å². The third-order valence-electron chi connectivity index (χ3n) is 4.73. The van der Waals surface area contributed by atoms with Crippen LogP contribution in [0.3, 0.4) is 0 Å². The lowest BCUT2D eigenvalue weighted by Crippen LogP contribution is -2.31. The quantitative estimate of drug-likeness (QED) is 0.818. The monoisotopic (exact) mass is 363 g/mol. The molecule has 2 N–H and O–H groups in total. The minimum atomic E-state index is -0.162. The minimum Gasteiger partial charge on any atom is -0.487 e. The molecule has 6 heteroatoms. The summed E-state index contributed by atoms with van der Waals surface area (Å²) in [4.78, 5) is 26.8. The number of rotatable bonds is 4. The lowest BCUT2D eigenvalue weighted by molar-refractivity contribution is -0.110. The molecule has 2 aliphatic heterocycles. The van der Waals surface area contributed by atoms with Gasteiger partial charge in [-0.1, -0.05) is 24.3 Å². The fraction of sp³-hybridized carbons (Fsp3) is 0.238. The summed E-state index contributed by atoms with van der Waals surface area (Å²) in [5, 5.41) is 5.78. The average molecular weight is 363 g/mol. The number of nitrogens with zero attached hydrogens (tertiary/aromatic N) is 1. The number of amides is 2. The van der Waals surface area contributed by atoms with Gasteiger partial charge in [-0.3, -0.25) is 9.59 Å². The predicted molar refractivity (Wildman–Crippen MR) is 104 cm³/mol. The van der Waals surface area contributed by atoms with Crippen molar-refractivity contribution in [3.05, 3.63) is 64.7 Å². The Morgan fingerprint density at radius 3 is 2.81 bits per heavy atom. The van der Waals surface area contributed by atoms with E-state index in [-0.39, 0.29) is 11.8 Å². The van der Waals surface area contributed by atoms with Gasteiger partial charge in [-0.05, 0) is 32.3 Å². The number of carbonyl (C=O) groups is 2. The van der Waals surface area contributed by atoms with Crippen LogP contribution in [0.1, 0.15) is 27.0 Å². The molecule has 0 atom stereocenters. The van der Waals surface area contributed by atoms with Gasteiger partial charge < -0.3 is 20.3 Å². The van der Waals surface area contributed by atoms with Crippen LogP contribution in [0.15, 0.2) is 42.5 Å². The first-order chi connectivity index (χ1) is 13.0. The van der Waals surface area contributed by atoms with Crippen molar-refractivity contribution in [3.8, 4) is 0 Å². The van der Waals surface area contributed by atoms with Crippen LogP contribution in [-0.2, 0) is 16.1 Å².